The first-order valence-corrected chi connectivity index (χ1v) is 9.42. The molecule has 0 bridgehead atoms. The third kappa shape index (κ3) is 5.23. The van der Waals surface area contributed by atoms with Crippen molar-refractivity contribution in [3.05, 3.63) is 29.8 Å². The molecule has 0 aliphatic heterocycles. The smallest absolute Gasteiger partial charge is 0.119 e. The van der Waals surface area contributed by atoms with Gasteiger partial charge in [0.1, 0.15) is 5.75 Å². The summed E-state index contributed by atoms with van der Waals surface area (Å²) in [6, 6.07) is 9.62. The molecule has 118 valence electrons. The first kappa shape index (κ1) is 16.7. The van der Waals surface area contributed by atoms with Crippen LogP contribution in [0.3, 0.4) is 0 Å². The van der Waals surface area contributed by atoms with Gasteiger partial charge in [0.25, 0.3) is 0 Å². The van der Waals surface area contributed by atoms with Crippen LogP contribution in [0.25, 0.3) is 0 Å². The van der Waals surface area contributed by atoms with Gasteiger partial charge in [-0.05, 0) is 70.4 Å². The van der Waals surface area contributed by atoms with Crippen LogP contribution >= 0.6 is 11.8 Å². The maximum absolute atomic E-state index is 5.70. The van der Waals surface area contributed by atoms with Crippen LogP contribution in [0.15, 0.2) is 24.3 Å². The number of benzene rings is 1. The zero-order valence-corrected chi connectivity index (χ0v) is 14.6. The maximum atomic E-state index is 5.70. The van der Waals surface area contributed by atoms with E-state index in [1.807, 2.05) is 11.8 Å². The lowest BCUT2D eigenvalue weighted by Gasteiger charge is -2.30. The van der Waals surface area contributed by atoms with Gasteiger partial charge in [-0.25, -0.2) is 0 Å². The largest absolute Gasteiger partial charge is 0.491 e. The van der Waals surface area contributed by atoms with Crippen molar-refractivity contribution >= 4 is 11.8 Å². The highest BCUT2D eigenvalue weighted by molar-refractivity contribution is 7.99. The molecule has 2 nitrogen and oxygen atoms in total. The third-order valence-electron chi connectivity index (χ3n) is 4.25. The molecule has 1 aliphatic carbocycles. The SMILES string of the molecule is CSC1CCC(NC(C)c2ccc(OC(C)C)cc2)CC1. The number of ether oxygens (including phenoxy) is 1. The van der Waals surface area contributed by atoms with E-state index in [-0.39, 0.29) is 6.10 Å². The minimum absolute atomic E-state index is 0.234. The van der Waals surface area contributed by atoms with E-state index in [0.29, 0.717) is 12.1 Å². The topological polar surface area (TPSA) is 21.3 Å². The van der Waals surface area contributed by atoms with Crippen LogP contribution in [0, 0.1) is 0 Å². The number of rotatable bonds is 6. The van der Waals surface area contributed by atoms with E-state index in [1.54, 1.807) is 0 Å². The molecule has 0 radical (unpaired) electrons. The molecule has 1 saturated carbocycles. The Balaban J connectivity index is 1.84. The maximum Gasteiger partial charge on any atom is 0.119 e. The van der Waals surface area contributed by atoms with Gasteiger partial charge in [0.15, 0.2) is 0 Å². The molecule has 0 spiro atoms. The molecule has 1 fully saturated rings. The fourth-order valence-electron chi connectivity index (χ4n) is 3.02. The van der Waals surface area contributed by atoms with Crippen LogP contribution in [0.5, 0.6) is 5.75 Å². The fourth-order valence-corrected chi connectivity index (χ4v) is 3.77. The van der Waals surface area contributed by atoms with E-state index in [9.17, 15) is 0 Å². The Morgan fingerprint density at radius 1 is 1.05 bits per heavy atom. The quantitative estimate of drug-likeness (QED) is 0.816. The van der Waals surface area contributed by atoms with Gasteiger partial charge in [0.05, 0.1) is 6.10 Å². The van der Waals surface area contributed by atoms with Gasteiger partial charge in [-0.15, -0.1) is 0 Å². The highest BCUT2D eigenvalue weighted by Crippen LogP contribution is 2.28. The van der Waals surface area contributed by atoms with Crippen molar-refractivity contribution in [1.29, 1.82) is 0 Å². The number of hydrogen-bond acceptors (Lipinski definition) is 3. The van der Waals surface area contributed by atoms with E-state index < -0.39 is 0 Å². The van der Waals surface area contributed by atoms with Gasteiger partial charge < -0.3 is 10.1 Å². The molecule has 0 heterocycles. The molecule has 0 aromatic heterocycles. The predicted octanol–water partition coefficient (Wildman–Crippen LogP) is 4.80. The van der Waals surface area contributed by atoms with Gasteiger partial charge in [0.2, 0.25) is 0 Å². The Hall–Kier alpha value is -0.670. The van der Waals surface area contributed by atoms with Gasteiger partial charge in [0, 0.05) is 17.3 Å². The summed E-state index contributed by atoms with van der Waals surface area (Å²) in [4.78, 5) is 0. The Morgan fingerprint density at radius 2 is 1.67 bits per heavy atom. The molecule has 1 unspecified atom stereocenters. The van der Waals surface area contributed by atoms with Gasteiger partial charge in [-0.2, -0.15) is 11.8 Å². The van der Waals surface area contributed by atoms with E-state index in [0.717, 1.165) is 11.0 Å². The molecule has 1 aromatic carbocycles. The van der Waals surface area contributed by atoms with Crippen LogP contribution in [0.4, 0.5) is 0 Å². The average Bonchev–Trinajstić information content (AvgIpc) is 2.48. The van der Waals surface area contributed by atoms with E-state index in [1.165, 1.54) is 31.2 Å². The Bertz CT molecular complexity index is 410. The summed E-state index contributed by atoms with van der Waals surface area (Å²) in [6.07, 6.45) is 7.80. The van der Waals surface area contributed by atoms with Crippen molar-refractivity contribution in [2.45, 2.75) is 69.9 Å². The van der Waals surface area contributed by atoms with Gasteiger partial charge >= 0.3 is 0 Å². The fraction of sp³-hybridized carbons (Fsp3) is 0.667. The minimum atomic E-state index is 0.234. The summed E-state index contributed by atoms with van der Waals surface area (Å²) in [6.45, 7) is 6.38. The molecule has 2 rings (SSSR count). The van der Waals surface area contributed by atoms with Crippen LogP contribution < -0.4 is 10.1 Å². The standard InChI is InChI=1S/C18H29NOS/c1-13(2)20-17-9-5-15(6-10-17)14(3)19-16-7-11-18(21-4)12-8-16/h5-6,9-10,13-14,16,18-19H,7-8,11-12H2,1-4H3. The molecule has 0 saturated heterocycles. The minimum Gasteiger partial charge on any atom is -0.491 e. The molecule has 21 heavy (non-hydrogen) atoms. The van der Waals surface area contributed by atoms with Crippen LogP contribution in [0.1, 0.15) is 58.1 Å². The first-order valence-electron chi connectivity index (χ1n) is 8.14. The Morgan fingerprint density at radius 3 is 2.19 bits per heavy atom. The van der Waals surface area contributed by atoms with Crippen molar-refractivity contribution < 1.29 is 4.74 Å². The van der Waals surface area contributed by atoms with Crippen molar-refractivity contribution in [3.63, 3.8) is 0 Å². The zero-order valence-electron chi connectivity index (χ0n) is 13.8. The summed E-state index contributed by atoms with van der Waals surface area (Å²) in [7, 11) is 0. The summed E-state index contributed by atoms with van der Waals surface area (Å²) in [5.41, 5.74) is 1.35. The molecule has 3 heteroatoms. The number of nitrogens with one attached hydrogen (secondary N) is 1. The van der Waals surface area contributed by atoms with Gasteiger partial charge in [-0.1, -0.05) is 12.1 Å². The van der Waals surface area contributed by atoms with Gasteiger partial charge in [-0.3, -0.25) is 0 Å². The average molecular weight is 308 g/mol. The van der Waals surface area contributed by atoms with Crippen LogP contribution in [0.2, 0.25) is 0 Å². The van der Waals surface area contributed by atoms with E-state index >= 15 is 0 Å². The Kier molecular flexibility index (Phi) is 6.43. The summed E-state index contributed by atoms with van der Waals surface area (Å²) in [5, 5.41) is 4.67. The van der Waals surface area contributed by atoms with Crippen molar-refractivity contribution in [3.8, 4) is 5.75 Å². The molecule has 1 aliphatic rings. The number of hydrogen-bond donors (Lipinski definition) is 1. The molecular formula is C18H29NOS. The molecule has 0 amide bonds. The van der Waals surface area contributed by atoms with Crippen molar-refractivity contribution in [2.24, 2.45) is 0 Å². The third-order valence-corrected chi connectivity index (χ3v) is 5.38. The summed E-state index contributed by atoms with van der Waals surface area (Å²) in [5.74, 6) is 0.960. The van der Waals surface area contributed by atoms with Crippen LogP contribution in [-0.2, 0) is 0 Å². The second-order valence-corrected chi connectivity index (χ2v) is 7.47. The molecule has 1 atom stereocenters. The lowest BCUT2D eigenvalue weighted by atomic mass is 9.93. The zero-order chi connectivity index (χ0) is 15.2. The second kappa shape index (κ2) is 8.09. The van der Waals surface area contributed by atoms with Crippen molar-refractivity contribution in [1.82, 2.24) is 5.32 Å². The number of thioether (sulfide) groups is 1. The van der Waals surface area contributed by atoms with Crippen LogP contribution in [-0.4, -0.2) is 23.7 Å². The molecule has 1 aromatic rings. The lowest BCUT2D eigenvalue weighted by Crippen LogP contribution is -2.35. The normalized spacial score (nSPS) is 24.0. The van der Waals surface area contributed by atoms with Crippen molar-refractivity contribution in [2.75, 3.05) is 6.26 Å². The second-order valence-electron chi connectivity index (χ2n) is 6.33. The Labute approximate surface area is 134 Å². The monoisotopic (exact) mass is 307 g/mol. The predicted molar refractivity (Wildman–Crippen MR) is 93.3 cm³/mol. The summed E-state index contributed by atoms with van der Waals surface area (Å²) < 4.78 is 5.70. The highest BCUT2D eigenvalue weighted by Gasteiger charge is 2.21. The molecular weight excluding hydrogens is 278 g/mol. The van der Waals surface area contributed by atoms with E-state index in [4.69, 9.17) is 4.74 Å². The first-order chi connectivity index (χ1) is 10.1. The summed E-state index contributed by atoms with van der Waals surface area (Å²) >= 11 is 2.03. The lowest BCUT2D eigenvalue weighted by molar-refractivity contribution is 0.242. The molecule has 1 N–H and O–H groups in total. The van der Waals surface area contributed by atoms with E-state index in [2.05, 4.69) is 56.6 Å². The highest BCUT2D eigenvalue weighted by atomic mass is 32.2.